The van der Waals surface area contributed by atoms with E-state index in [0.29, 0.717) is 11.7 Å². The molecule has 3 rings (SSSR count). The van der Waals surface area contributed by atoms with Gasteiger partial charge in [-0.25, -0.2) is 9.97 Å². The molecule has 0 atom stereocenters. The smallest absolute Gasteiger partial charge is 0.240 e. The van der Waals surface area contributed by atoms with Gasteiger partial charge in [0.1, 0.15) is 0 Å². The maximum atomic E-state index is 12.2. The maximum Gasteiger partial charge on any atom is 0.240 e. The van der Waals surface area contributed by atoms with E-state index in [4.69, 9.17) is 0 Å². The van der Waals surface area contributed by atoms with E-state index in [1.807, 2.05) is 18.5 Å². The molecule has 23 heavy (non-hydrogen) atoms. The number of aromatic nitrogens is 2. The number of nitrogens with zero attached hydrogens (tertiary/aromatic N) is 4. The minimum atomic E-state index is 0.0177. The Morgan fingerprint density at radius 2 is 2.13 bits per heavy atom. The minimum absolute atomic E-state index is 0.0177. The lowest BCUT2D eigenvalue weighted by Crippen LogP contribution is -2.48. The quantitative estimate of drug-likeness (QED) is 0.895. The molecule has 1 amide bonds. The normalized spacial score (nSPS) is 15.8. The number of hydrogen-bond donors (Lipinski definition) is 1. The first-order chi connectivity index (χ1) is 11.2. The summed E-state index contributed by atoms with van der Waals surface area (Å²) in [4.78, 5) is 26.6. The van der Waals surface area contributed by atoms with Gasteiger partial charge in [-0.05, 0) is 13.3 Å². The van der Waals surface area contributed by atoms with Gasteiger partial charge in [0.05, 0.1) is 12.2 Å². The standard InChI is InChI=1S/C15H21N5OS2/c1-3-12-11(2)23-14(17-12)18-13(21)10-19-5-7-20(8-6-19)15-16-4-9-22-15/h4,9H,3,5-8,10H2,1-2H3,(H,17,18,21). The van der Waals surface area contributed by atoms with E-state index in [2.05, 4.69) is 32.0 Å². The van der Waals surface area contributed by atoms with Crippen molar-refractivity contribution in [2.75, 3.05) is 42.9 Å². The Kier molecular flexibility index (Phi) is 5.24. The van der Waals surface area contributed by atoms with Gasteiger partial charge < -0.3 is 10.2 Å². The molecule has 1 fully saturated rings. The Bertz CT molecular complexity index is 647. The highest BCUT2D eigenvalue weighted by Gasteiger charge is 2.20. The van der Waals surface area contributed by atoms with Gasteiger partial charge in [0.25, 0.3) is 0 Å². The zero-order valence-corrected chi connectivity index (χ0v) is 15.0. The number of anilines is 2. The van der Waals surface area contributed by atoms with Gasteiger partial charge in [-0.3, -0.25) is 9.69 Å². The highest BCUT2D eigenvalue weighted by atomic mass is 32.1. The van der Waals surface area contributed by atoms with Crippen LogP contribution in [-0.4, -0.2) is 53.5 Å². The fourth-order valence-electron chi connectivity index (χ4n) is 2.64. The fourth-order valence-corrected chi connectivity index (χ4v) is 4.26. The molecule has 8 heteroatoms. The van der Waals surface area contributed by atoms with Crippen molar-refractivity contribution in [3.05, 3.63) is 22.1 Å². The number of aryl methyl sites for hydroxylation is 2. The van der Waals surface area contributed by atoms with Crippen LogP contribution in [0.2, 0.25) is 0 Å². The Balaban J connectivity index is 1.47. The third-order valence-electron chi connectivity index (χ3n) is 3.90. The van der Waals surface area contributed by atoms with Crippen LogP contribution in [0.1, 0.15) is 17.5 Å². The molecule has 0 saturated carbocycles. The molecule has 0 radical (unpaired) electrons. The van der Waals surface area contributed by atoms with E-state index in [-0.39, 0.29) is 5.91 Å². The third-order valence-corrected chi connectivity index (χ3v) is 5.66. The lowest BCUT2D eigenvalue weighted by molar-refractivity contribution is -0.117. The van der Waals surface area contributed by atoms with Crippen molar-refractivity contribution < 1.29 is 4.79 Å². The monoisotopic (exact) mass is 351 g/mol. The number of amides is 1. The third kappa shape index (κ3) is 4.07. The summed E-state index contributed by atoms with van der Waals surface area (Å²) in [5.41, 5.74) is 1.07. The molecule has 6 nitrogen and oxygen atoms in total. The number of carbonyl (C=O) groups is 1. The Morgan fingerprint density at radius 1 is 1.35 bits per heavy atom. The predicted octanol–water partition coefficient (Wildman–Crippen LogP) is 2.23. The van der Waals surface area contributed by atoms with Crippen LogP contribution in [0.4, 0.5) is 10.3 Å². The summed E-state index contributed by atoms with van der Waals surface area (Å²) in [5.74, 6) is 0.0177. The van der Waals surface area contributed by atoms with Crippen LogP contribution < -0.4 is 10.2 Å². The fraction of sp³-hybridized carbons (Fsp3) is 0.533. The zero-order valence-electron chi connectivity index (χ0n) is 13.4. The number of nitrogens with one attached hydrogen (secondary N) is 1. The van der Waals surface area contributed by atoms with Gasteiger partial charge in [-0.15, -0.1) is 22.7 Å². The molecule has 0 bridgehead atoms. The number of hydrogen-bond acceptors (Lipinski definition) is 7. The van der Waals surface area contributed by atoms with Crippen LogP contribution in [0.3, 0.4) is 0 Å². The van der Waals surface area contributed by atoms with Crippen LogP contribution in [0.5, 0.6) is 0 Å². The van der Waals surface area contributed by atoms with Crippen LogP contribution in [0, 0.1) is 6.92 Å². The van der Waals surface area contributed by atoms with Crippen molar-refractivity contribution >= 4 is 38.8 Å². The largest absolute Gasteiger partial charge is 0.346 e. The highest BCUT2D eigenvalue weighted by molar-refractivity contribution is 7.15. The molecule has 0 aliphatic carbocycles. The first-order valence-corrected chi connectivity index (χ1v) is 9.48. The maximum absolute atomic E-state index is 12.2. The molecule has 2 aromatic rings. The average Bonchev–Trinajstić information content (AvgIpc) is 3.17. The lowest BCUT2D eigenvalue weighted by atomic mass is 10.3. The zero-order chi connectivity index (χ0) is 16.2. The molecule has 1 saturated heterocycles. The number of piperazine rings is 1. The van der Waals surface area contributed by atoms with E-state index in [9.17, 15) is 4.79 Å². The average molecular weight is 352 g/mol. The molecule has 1 aliphatic rings. The highest BCUT2D eigenvalue weighted by Crippen LogP contribution is 2.22. The molecule has 1 aliphatic heterocycles. The van der Waals surface area contributed by atoms with Crippen molar-refractivity contribution in [2.45, 2.75) is 20.3 Å². The van der Waals surface area contributed by atoms with Gasteiger partial charge in [0.15, 0.2) is 10.3 Å². The van der Waals surface area contributed by atoms with E-state index < -0.39 is 0 Å². The molecular formula is C15H21N5OS2. The van der Waals surface area contributed by atoms with E-state index in [1.165, 1.54) is 4.88 Å². The molecule has 3 heterocycles. The van der Waals surface area contributed by atoms with Crippen molar-refractivity contribution in [3.63, 3.8) is 0 Å². The Morgan fingerprint density at radius 3 is 2.74 bits per heavy atom. The van der Waals surface area contributed by atoms with E-state index >= 15 is 0 Å². The molecule has 124 valence electrons. The van der Waals surface area contributed by atoms with Crippen LogP contribution in [0.25, 0.3) is 0 Å². The van der Waals surface area contributed by atoms with Crippen LogP contribution in [-0.2, 0) is 11.2 Å². The Hall–Kier alpha value is -1.51. The number of carbonyl (C=O) groups excluding carboxylic acids is 1. The number of thiazole rings is 2. The summed E-state index contributed by atoms with van der Waals surface area (Å²) in [6.07, 6.45) is 2.73. The van der Waals surface area contributed by atoms with Gasteiger partial charge in [-0.2, -0.15) is 0 Å². The SMILES string of the molecule is CCc1nc(NC(=O)CN2CCN(c3nccs3)CC2)sc1C. The molecule has 0 unspecified atom stereocenters. The van der Waals surface area contributed by atoms with Crippen LogP contribution >= 0.6 is 22.7 Å². The summed E-state index contributed by atoms with van der Waals surface area (Å²) in [7, 11) is 0. The lowest BCUT2D eigenvalue weighted by Gasteiger charge is -2.33. The second-order valence-electron chi connectivity index (χ2n) is 5.50. The molecule has 0 aromatic carbocycles. The first kappa shape index (κ1) is 16.4. The van der Waals surface area contributed by atoms with Crippen LogP contribution in [0.15, 0.2) is 11.6 Å². The minimum Gasteiger partial charge on any atom is -0.346 e. The molecule has 0 spiro atoms. The Labute approximate surface area is 144 Å². The molecule has 2 aromatic heterocycles. The summed E-state index contributed by atoms with van der Waals surface area (Å²) >= 11 is 3.21. The van der Waals surface area contributed by atoms with Crippen molar-refractivity contribution in [2.24, 2.45) is 0 Å². The topological polar surface area (TPSA) is 61.4 Å². The summed E-state index contributed by atoms with van der Waals surface area (Å²) < 4.78 is 0. The van der Waals surface area contributed by atoms with Crippen molar-refractivity contribution in [1.29, 1.82) is 0 Å². The van der Waals surface area contributed by atoms with Gasteiger partial charge in [-0.1, -0.05) is 6.92 Å². The van der Waals surface area contributed by atoms with Gasteiger partial charge in [0.2, 0.25) is 5.91 Å². The van der Waals surface area contributed by atoms with Gasteiger partial charge >= 0.3 is 0 Å². The predicted molar refractivity (Wildman–Crippen MR) is 95.6 cm³/mol. The molecular weight excluding hydrogens is 330 g/mol. The summed E-state index contributed by atoms with van der Waals surface area (Å²) in [6.45, 7) is 8.13. The second kappa shape index (κ2) is 7.37. The summed E-state index contributed by atoms with van der Waals surface area (Å²) in [5, 5.41) is 6.70. The molecule has 1 N–H and O–H groups in total. The van der Waals surface area contributed by atoms with Crippen molar-refractivity contribution in [3.8, 4) is 0 Å². The van der Waals surface area contributed by atoms with Crippen molar-refractivity contribution in [1.82, 2.24) is 14.9 Å². The first-order valence-electron chi connectivity index (χ1n) is 7.78. The number of rotatable bonds is 5. The van der Waals surface area contributed by atoms with E-state index in [0.717, 1.165) is 43.4 Å². The second-order valence-corrected chi connectivity index (χ2v) is 7.58. The van der Waals surface area contributed by atoms with E-state index in [1.54, 1.807) is 22.7 Å². The van der Waals surface area contributed by atoms with Gasteiger partial charge in [0, 0.05) is 42.6 Å². The summed E-state index contributed by atoms with van der Waals surface area (Å²) in [6, 6.07) is 0.